The second-order valence-corrected chi connectivity index (χ2v) is 6.41. The lowest BCUT2D eigenvalue weighted by Crippen LogP contribution is -2.44. The largest absolute Gasteiger partial charge is 0.480 e. The van der Waals surface area contributed by atoms with Crippen molar-refractivity contribution in [2.75, 3.05) is 0 Å². The standard InChI is InChI=1S/C16H25NO2/c1-12(11-16(2,3)4)17-14(15(18)19)10-13-8-6-5-7-9-13/h5-9,12,14,17H,10-11H2,1-4H3,(H,18,19)/t12?,14-/m1/s1. The van der Waals surface area contributed by atoms with Crippen LogP contribution in [0.5, 0.6) is 0 Å². The fourth-order valence-electron chi connectivity index (χ4n) is 2.39. The summed E-state index contributed by atoms with van der Waals surface area (Å²) in [7, 11) is 0. The first-order valence-corrected chi connectivity index (χ1v) is 6.81. The van der Waals surface area contributed by atoms with Gasteiger partial charge in [-0.3, -0.25) is 4.79 Å². The Hall–Kier alpha value is -1.35. The predicted octanol–water partition coefficient (Wildman–Crippen LogP) is 3.10. The summed E-state index contributed by atoms with van der Waals surface area (Å²) in [6.07, 6.45) is 1.47. The molecule has 3 heteroatoms. The highest BCUT2D eigenvalue weighted by atomic mass is 16.4. The van der Waals surface area contributed by atoms with Crippen molar-refractivity contribution in [3.05, 3.63) is 35.9 Å². The van der Waals surface area contributed by atoms with E-state index in [0.29, 0.717) is 6.42 Å². The lowest BCUT2D eigenvalue weighted by Gasteiger charge is -2.26. The molecule has 0 heterocycles. The second kappa shape index (κ2) is 6.71. The molecule has 1 aromatic rings. The van der Waals surface area contributed by atoms with Gasteiger partial charge in [0.2, 0.25) is 0 Å². The third kappa shape index (κ3) is 6.39. The molecule has 106 valence electrons. The van der Waals surface area contributed by atoms with Crippen LogP contribution in [0.15, 0.2) is 30.3 Å². The molecule has 1 rings (SSSR count). The molecule has 0 aromatic heterocycles. The number of hydrogen-bond donors (Lipinski definition) is 2. The summed E-state index contributed by atoms with van der Waals surface area (Å²) in [4.78, 5) is 11.3. The van der Waals surface area contributed by atoms with Crippen LogP contribution < -0.4 is 5.32 Å². The van der Waals surface area contributed by atoms with Crippen molar-refractivity contribution in [3.63, 3.8) is 0 Å². The second-order valence-electron chi connectivity index (χ2n) is 6.41. The lowest BCUT2D eigenvalue weighted by molar-refractivity contribution is -0.139. The molecule has 0 aliphatic heterocycles. The van der Waals surface area contributed by atoms with Gasteiger partial charge >= 0.3 is 5.97 Å². The summed E-state index contributed by atoms with van der Waals surface area (Å²) in [5, 5.41) is 12.5. The van der Waals surface area contributed by atoms with Crippen LogP contribution in [0.4, 0.5) is 0 Å². The predicted molar refractivity (Wildman–Crippen MR) is 78.2 cm³/mol. The van der Waals surface area contributed by atoms with E-state index in [0.717, 1.165) is 12.0 Å². The quantitative estimate of drug-likeness (QED) is 0.829. The van der Waals surface area contributed by atoms with E-state index < -0.39 is 12.0 Å². The number of aliphatic carboxylic acids is 1. The van der Waals surface area contributed by atoms with Gasteiger partial charge in [0.25, 0.3) is 0 Å². The number of carbonyl (C=O) groups is 1. The summed E-state index contributed by atoms with van der Waals surface area (Å²) >= 11 is 0. The number of benzene rings is 1. The van der Waals surface area contributed by atoms with E-state index in [1.807, 2.05) is 37.3 Å². The van der Waals surface area contributed by atoms with Gasteiger partial charge in [-0.05, 0) is 30.7 Å². The minimum absolute atomic E-state index is 0.185. The van der Waals surface area contributed by atoms with Crippen molar-refractivity contribution in [2.45, 2.75) is 52.6 Å². The Morgan fingerprint density at radius 1 is 1.26 bits per heavy atom. The third-order valence-corrected chi connectivity index (χ3v) is 2.99. The highest BCUT2D eigenvalue weighted by Crippen LogP contribution is 2.21. The molecule has 1 unspecified atom stereocenters. The van der Waals surface area contributed by atoms with E-state index in [-0.39, 0.29) is 11.5 Å². The van der Waals surface area contributed by atoms with E-state index in [4.69, 9.17) is 0 Å². The normalized spacial score (nSPS) is 14.9. The van der Waals surface area contributed by atoms with Gasteiger partial charge < -0.3 is 10.4 Å². The molecule has 3 nitrogen and oxygen atoms in total. The Labute approximate surface area is 116 Å². The van der Waals surface area contributed by atoms with E-state index >= 15 is 0 Å². The van der Waals surface area contributed by atoms with Gasteiger partial charge in [0.05, 0.1) is 0 Å². The SMILES string of the molecule is CC(CC(C)(C)C)N[C@H](Cc1ccccc1)C(=O)O. The van der Waals surface area contributed by atoms with Crippen molar-refractivity contribution in [3.8, 4) is 0 Å². The monoisotopic (exact) mass is 263 g/mol. The van der Waals surface area contributed by atoms with Crippen molar-refractivity contribution >= 4 is 5.97 Å². The van der Waals surface area contributed by atoms with Gasteiger partial charge in [0, 0.05) is 6.04 Å². The van der Waals surface area contributed by atoms with Crippen LogP contribution in [0.2, 0.25) is 0 Å². The highest BCUT2D eigenvalue weighted by Gasteiger charge is 2.22. The van der Waals surface area contributed by atoms with E-state index in [1.54, 1.807) is 0 Å². The molecule has 0 bridgehead atoms. The molecule has 0 saturated carbocycles. The lowest BCUT2D eigenvalue weighted by atomic mass is 9.88. The van der Waals surface area contributed by atoms with Gasteiger partial charge in [0.1, 0.15) is 6.04 Å². The number of carboxylic acid groups (broad SMARTS) is 1. The third-order valence-electron chi connectivity index (χ3n) is 2.99. The molecule has 1 aromatic carbocycles. The molecule has 0 spiro atoms. The van der Waals surface area contributed by atoms with Crippen molar-refractivity contribution in [2.24, 2.45) is 5.41 Å². The van der Waals surface area contributed by atoms with Crippen LogP contribution in [0.3, 0.4) is 0 Å². The Bertz CT molecular complexity index is 395. The average molecular weight is 263 g/mol. The van der Waals surface area contributed by atoms with Crippen LogP contribution in [0, 0.1) is 5.41 Å². The molecule has 0 aliphatic rings. The molecule has 0 saturated heterocycles. The van der Waals surface area contributed by atoms with Gasteiger partial charge in [-0.25, -0.2) is 0 Å². The first-order valence-electron chi connectivity index (χ1n) is 6.81. The van der Waals surface area contributed by atoms with Crippen molar-refractivity contribution in [1.29, 1.82) is 0 Å². The van der Waals surface area contributed by atoms with Gasteiger partial charge in [-0.1, -0.05) is 51.1 Å². The Kier molecular flexibility index (Phi) is 5.55. The average Bonchev–Trinajstić information content (AvgIpc) is 2.26. The molecular weight excluding hydrogens is 238 g/mol. The highest BCUT2D eigenvalue weighted by molar-refractivity contribution is 5.74. The molecule has 0 aliphatic carbocycles. The minimum Gasteiger partial charge on any atom is -0.480 e. The summed E-state index contributed by atoms with van der Waals surface area (Å²) in [5.74, 6) is -0.787. The maximum absolute atomic E-state index is 11.3. The molecule has 0 radical (unpaired) electrons. The molecule has 19 heavy (non-hydrogen) atoms. The minimum atomic E-state index is -0.787. The topological polar surface area (TPSA) is 49.3 Å². The maximum Gasteiger partial charge on any atom is 0.321 e. The van der Waals surface area contributed by atoms with E-state index in [2.05, 4.69) is 26.1 Å². The fraction of sp³-hybridized carbons (Fsp3) is 0.562. The Morgan fingerprint density at radius 3 is 2.32 bits per heavy atom. The first-order chi connectivity index (χ1) is 8.78. The molecular formula is C16H25NO2. The van der Waals surface area contributed by atoms with Crippen LogP contribution >= 0.6 is 0 Å². The number of rotatable bonds is 6. The van der Waals surface area contributed by atoms with Crippen LogP contribution in [-0.2, 0) is 11.2 Å². The summed E-state index contributed by atoms with van der Waals surface area (Å²) in [6, 6.07) is 9.40. The summed E-state index contributed by atoms with van der Waals surface area (Å²) in [5.41, 5.74) is 1.24. The molecule has 2 N–H and O–H groups in total. The van der Waals surface area contributed by atoms with Crippen molar-refractivity contribution in [1.82, 2.24) is 5.32 Å². The smallest absolute Gasteiger partial charge is 0.321 e. The first kappa shape index (κ1) is 15.7. The number of hydrogen-bond acceptors (Lipinski definition) is 2. The Morgan fingerprint density at radius 2 is 1.84 bits per heavy atom. The summed E-state index contributed by atoms with van der Waals surface area (Å²) in [6.45, 7) is 8.54. The molecule has 0 amide bonds. The van der Waals surface area contributed by atoms with Crippen molar-refractivity contribution < 1.29 is 9.90 Å². The van der Waals surface area contributed by atoms with Crippen LogP contribution in [0.1, 0.15) is 39.7 Å². The summed E-state index contributed by atoms with van der Waals surface area (Å²) < 4.78 is 0. The Balaban J connectivity index is 2.61. The van der Waals surface area contributed by atoms with E-state index in [9.17, 15) is 9.90 Å². The van der Waals surface area contributed by atoms with Gasteiger partial charge in [0.15, 0.2) is 0 Å². The van der Waals surface area contributed by atoms with Gasteiger partial charge in [-0.15, -0.1) is 0 Å². The molecule has 0 fully saturated rings. The van der Waals surface area contributed by atoms with E-state index in [1.165, 1.54) is 0 Å². The fourth-order valence-corrected chi connectivity index (χ4v) is 2.39. The zero-order valence-corrected chi connectivity index (χ0v) is 12.3. The zero-order valence-electron chi connectivity index (χ0n) is 12.3. The number of carboxylic acids is 1. The van der Waals surface area contributed by atoms with Crippen LogP contribution in [0.25, 0.3) is 0 Å². The maximum atomic E-state index is 11.3. The zero-order chi connectivity index (χ0) is 14.5. The molecule has 2 atom stereocenters. The van der Waals surface area contributed by atoms with Crippen LogP contribution in [-0.4, -0.2) is 23.2 Å². The van der Waals surface area contributed by atoms with Gasteiger partial charge in [-0.2, -0.15) is 0 Å². The number of nitrogens with one attached hydrogen (secondary N) is 1.